The molecule has 1 heterocycles. The zero-order valence-corrected chi connectivity index (χ0v) is 13.6. The number of nitrogens with one attached hydrogen (secondary N) is 1. The predicted molar refractivity (Wildman–Crippen MR) is 90.2 cm³/mol. The van der Waals surface area contributed by atoms with Crippen molar-refractivity contribution in [3.63, 3.8) is 0 Å². The molecule has 1 aliphatic heterocycles. The van der Waals surface area contributed by atoms with E-state index in [9.17, 15) is 4.79 Å². The molecule has 1 aromatic carbocycles. The Bertz CT molecular complexity index is 497. The molecule has 0 bridgehead atoms. The number of ether oxygens (including phenoxy) is 1. The number of hydrogen-bond donors (Lipinski definition) is 2. The summed E-state index contributed by atoms with van der Waals surface area (Å²) in [6, 6.07) is 5.51. The zero-order valence-electron chi connectivity index (χ0n) is 13.6. The summed E-state index contributed by atoms with van der Waals surface area (Å²) in [5.74, 6) is 0.0843. The number of nitrogens with two attached hydrogens (primary N) is 1. The van der Waals surface area contributed by atoms with Crippen LogP contribution in [0.25, 0.3) is 0 Å². The number of nitrogens with zero attached hydrogens (tertiary/aromatic N) is 1. The van der Waals surface area contributed by atoms with Crippen molar-refractivity contribution >= 4 is 17.3 Å². The van der Waals surface area contributed by atoms with Gasteiger partial charge in [-0.2, -0.15) is 0 Å². The minimum atomic E-state index is 0.0843. The van der Waals surface area contributed by atoms with Gasteiger partial charge >= 0.3 is 0 Å². The van der Waals surface area contributed by atoms with Gasteiger partial charge in [0.15, 0.2) is 0 Å². The first-order valence-corrected chi connectivity index (χ1v) is 8.12. The van der Waals surface area contributed by atoms with E-state index in [-0.39, 0.29) is 12.0 Å². The van der Waals surface area contributed by atoms with Crippen LogP contribution in [0.2, 0.25) is 0 Å². The van der Waals surface area contributed by atoms with Gasteiger partial charge in [0.05, 0.1) is 17.5 Å². The molecule has 22 heavy (non-hydrogen) atoms. The number of carbonyl (C=O) groups is 1. The van der Waals surface area contributed by atoms with E-state index in [2.05, 4.69) is 5.32 Å². The summed E-state index contributed by atoms with van der Waals surface area (Å²) in [6.45, 7) is 7.30. The van der Waals surface area contributed by atoms with E-state index in [1.165, 1.54) is 0 Å². The van der Waals surface area contributed by atoms with Crippen molar-refractivity contribution < 1.29 is 9.53 Å². The first-order valence-electron chi connectivity index (χ1n) is 8.12. The Morgan fingerprint density at radius 1 is 1.36 bits per heavy atom. The molecule has 0 radical (unpaired) electrons. The molecule has 0 aliphatic carbocycles. The Balaban J connectivity index is 1.85. The molecule has 5 nitrogen and oxygen atoms in total. The molecule has 5 heteroatoms. The topological polar surface area (TPSA) is 67.6 Å². The lowest BCUT2D eigenvalue weighted by Crippen LogP contribution is -2.27. The minimum Gasteiger partial charge on any atom is -0.397 e. The van der Waals surface area contributed by atoms with Gasteiger partial charge in [0.1, 0.15) is 0 Å². The number of nitrogen functional groups attached to an aromatic ring is 1. The summed E-state index contributed by atoms with van der Waals surface area (Å²) in [7, 11) is 0. The summed E-state index contributed by atoms with van der Waals surface area (Å²) in [5.41, 5.74) is 8.23. The molecule has 2 rings (SSSR count). The number of carbonyl (C=O) groups excluding carboxylic acids is 1. The van der Waals surface area contributed by atoms with E-state index in [4.69, 9.17) is 10.5 Å². The average molecular weight is 305 g/mol. The maximum atomic E-state index is 12.3. The Morgan fingerprint density at radius 3 is 2.73 bits per heavy atom. The molecular weight excluding hydrogens is 278 g/mol. The van der Waals surface area contributed by atoms with Gasteiger partial charge in [-0.15, -0.1) is 0 Å². The van der Waals surface area contributed by atoms with E-state index in [1.54, 1.807) is 6.07 Å². The van der Waals surface area contributed by atoms with Gasteiger partial charge in [0.25, 0.3) is 5.91 Å². The summed E-state index contributed by atoms with van der Waals surface area (Å²) < 4.78 is 5.50. The second-order valence-electron chi connectivity index (χ2n) is 6.00. The standard InChI is InChI=1S/C17H27N3O2/c1-13(2)22-11-5-8-19-16-7-6-14(12-15(16)18)17(21)20-9-3-4-10-20/h6-7,12-13,19H,3-5,8-11,18H2,1-2H3. The molecule has 1 aliphatic rings. The van der Waals surface area contributed by atoms with Gasteiger partial charge in [0.2, 0.25) is 0 Å². The van der Waals surface area contributed by atoms with Crippen LogP contribution in [-0.2, 0) is 4.74 Å². The van der Waals surface area contributed by atoms with Gasteiger partial charge in [-0.3, -0.25) is 4.79 Å². The highest BCUT2D eigenvalue weighted by atomic mass is 16.5. The number of anilines is 2. The lowest BCUT2D eigenvalue weighted by Gasteiger charge is -2.16. The molecule has 1 amide bonds. The third-order valence-corrected chi connectivity index (χ3v) is 3.78. The predicted octanol–water partition coefficient (Wildman–Crippen LogP) is 2.73. The van der Waals surface area contributed by atoms with Crippen LogP contribution in [0.1, 0.15) is 43.5 Å². The van der Waals surface area contributed by atoms with Gasteiger partial charge in [-0.05, 0) is 51.3 Å². The summed E-state index contributed by atoms with van der Waals surface area (Å²) in [5, 5.41) is 3.29. The molecule has 1 fully saturated rings. The lowest BCUT2D eigenvalue weighted by atomic mass is 10.1. The Labute approximate surface area is 132 Å². The highest BCUT2D eigenvalue weighted by Crippen LogP contribution is 2.22. The fourth-order valence-corrected chi connectivity index (χ4v) is 2.57. The van der Waals surface area contributed by atoms with Crippen molar-refractivity contribution in [2.24, 2.45) is 0 Å². The number of benzene rings is 1. The smallest absolute Gasteiger partial charge is 0.253 e. The molecule has 0 spiro atoms. The van der Waals surface area contributed by atoms with E-state index in [0.717, 1.165) is 51.2 Å². The van der Waals surface area contributed by atoms with Crippen LogP contribution in [0.3, 0.4) is 0 Å². The number of amides is 1. The molecule has 0 saturated carbocycles. The number of hydrogen-bond acceptors (Lipinski definition) is 4. The maximum absolute atomic E-state index is 12.3. The van der Waals surface area contributed by atoms with Crippen LogP contribution >= 0.6 is 0 Å². The normalized spacial score (nSPS) is 14.6. The molecule has 0 atom stereocenters. The minimum absolute atomic E-state index is 0.0843. The fraction of sp³-hybridized carbons (Fsp3) is 0.588. The quantitative estimate of drug-likeness (QED) is 0.600. The van der Waals surface area contributed by atoms with Crippen molar-refractivity contribution in [2.75, 3.05) is 37.3 Å². The Hall–Kier alpha value is -1.75. The highest BCUT2D eigenvalue weighted by molar-refractivity contribution is 5.96. The summed E-state index contributed by atoms with van der Waals surface area (Å²) in [4.78, 5) is 14.2. The molecular formula is C17H27N3O2. The van der Waals surface area contributed by atoms with Crippen molar-refractivity contribution in [3.05, 3.63) is 23.8 Å². The SMILES string of the molecule is CC(C)OCCCNc1ccc(C(=O)N2CCCC2)cc1N. The largest absolute Gasteiger partial charge is 0.397 e. The zero-order chi connectivity index (χ0) is 15.9. The van der Waals surface area contributed by atoms with E-state index >= 15 is 0 Å². The van der Waals surface area contributed by atoms with Crippen LogP contribution in [0, 0.1) is 0 Å². The molecule has 3 N–H and O–H groups in total. The third-order valence-electron chi connectivity index (χ3n) is 3.78. The van der Waals surface area contributed by atoms with Crippen molar-refractivity contribution in [1.29, 1.82) is 0 Å². The van der Waals surface area contributed by atoms with Gasteiger partial charge < -0.3 is 20.7 Å². The molecule has 0 aromatic heterocycles. The molecule has 1 aromatic rings. The van der Waals surface area contributed by atoms with Gasteiger partial charge in [-0.25, -0.2) is 0 Å². The molecule has 1 saturated heterocycles. The first kappa shape index (κ1) is 16.6. The second-order valence-corrected chi connectivity index (χ2v) is 6.00. The van der Waals surface area contributed by atoms with Crippen LogP contribution < -0.4 is 11.1 Å². The highest BCUT2D eigenvalue weighted by Gasteiger charge is 2.19. The van der Waals surface area contributed by atoms with Crippen LogP contribution in [0.5, 0.6) is 0 Å². The number of rotatable bonds is 7. The van der Waals surface area contributed by atoms with Crippen LogP contribution in [0.15, 0.2) is 18.2 Å². The summed E-state index contributed by atoms with van der Waals surface area (Å²) in [6.07, 6.45) is 3.38. The third kappa shape index (κ3) is 4.63. The van der Waals surface area contributed by atoms with Crippen molar-refractivity contribution in [3.8, 4) is 0 Å². The molecule has 0 unspecified atom stereocenters. The lowest BCUT2D eigenvalue weighted by molar-refractivity contribution is 0.0785. The van der Waals surface area contributed by atoms with Crippen LogP contribution in [0.4, 0.5) is 11.4 Å². The average Bonchev–Trinajstić information content (AvgIpc) is 3.01. The number of likely N-dealkylation sites (tertiary alicyclic amines) is 1. The fourth-order valence-electron chi connectivity index (χ4n) is 2.57. The van der Waals surface area contributed by atoms with Crippen molar-refractivity contribution in [2.45, 2.75) is 39.2 Å². The second kappa shape index (κ2) is 8.03. The van der Waals surface area contributed by atoms with E-state index < -0.39 is 0 Å². The van der Waals surface area contributed by atoms with E-state index in [1.807, 2.05) is 30.9 Å². The Kier molecular flexibility index (Phi) is 6.07. The summed E-state index contributed by atoms with van der Waals surface area (Å²) >= 11 is 0. The van der Waals surface area contributed by atoms with Gasteiger partial charge in [0, 0.05) is 31.8 Å². The molecule has 122 valence electrons. The van der Waals surface area contributed by atoms with Gasteiger partial charge in [-0.1, -0.05) is 0 Å². The van der Waals surface area contributed by atoms with Crippen LogP contribution in [-0.4, -0.2) is 43.2 Å². The Morgan fingerprint density at radius 2 is 2.09 bits per heavy atom. The first-order chi connectivity index (χ1) is 10.6. The maximum Gasteiger partial charge on any atom is 0.253 e. The van der Waals surface area contributed by atoms with E-state index in [0.29, 0.717) is 11.3 Å². The van der Waals surface area contributed by atoms with Crippen molar-refractivity contribution in [1.82, 2.24) is 4.90 Å². The monoisotopic (exact) mass is 305 g/mol.